The molecule has 0 radical (unpaired) electrons. The molecule has 0 fully saturated rings. The number of anilines is 2. The SMILES string of the molecule is CN(C)c1ccc(C(=O)Nc2sc3c(c2C(=O)NC(N)=O)CCC3)cc1. The Bertz CT molecular complexity index is 871. The molecule has 26 heavy (non-hydrogen) atoms. The average molecular weight is 372 g/mol. The highest BCUT2D eigenvalue weighted by atomic mass is 32.1. The smallest absolute Gasteiger partial charge is 0.319 e. The Balaban J connectivity index is 1.86. The average Bonchev–Trinajstić information content (AvgIpc) is 3.14. The van der Waals surface area contributed by atoms with Crippen LogP contribution in [0.25, 0.3) is 0 Å². The number of imide groups is 1. The van der Waals surface area contributed by atoms with Crippen molar-refractivity contribution in [3.05, 3.63) is 45.8 Å². The summed E-state index contributed by atoms with van der Waals surface area (Å²) in [6.07, 6.45) is 2.57. The van der Waals surface area contributed by atoms with Crippen molar-refractivity contribution in [2.45, 2.75) is 19.3 Å². The molecule has 0 saturated heterocycles. The highest BCUT2D eigenvalue weighted by molar-refractivity contribution is 7.17. The van der Waals surface area contributed by atoms with E-state index in [4.69, 9.17) is 5.73 Å². The van der Waals surface area contributed by atoms with Crippen LogP contribution in [0.1, 0.15) is 37.6 Å². The van der Waals surface area contributed by atoms with E-state index in [9.17, 15) is 14.4 Å². The van der Waals surface area contributed by atoms with Crippen LogP contribution in [0.4, 0.5) is 15.5 Å². The first-order chi connectivity index (χ1) is 12.4. The summed E-state index contributed by atoms with van der Waals surface area (Å²) < 4.78 is 0. The van der Waals surface area contributed by atoms with Gasteiger partial charge in [0.25, 0.3) is 11.8 Å². The van der Waals surface area contributed by atoms with Gasteiger partial charge >= 0.3 is 6.03 Å². The minimum Gasteiger partial charge on any atom is -0.378 e. The second-order valence-corrected chi connectivity index (χ2v) is 7.38. The van der Waals surface area contributed by atoms with E-state index in [1.54, 1.807) is 12.1 Å². The van der Waals surface area contributed by atoms with Crippen molar-refractivity contribution in [1.29, 1.82) is 0 Å². The van der Waals surface area contributed by atoms with Crippen LogP contribution in [0.2, 0.25) is 0 Å². The number of thiophene rings is 1. The first-order valence-corrected chi connectivity index (χ1v) is 9.02. The molecule has 0 unspecified atom stereocenters. The lowest BCUT2D eigenvalue weighted by Crippen LogP contribution is -2.35. The lowest BCUT2D eigenvalue weighted by atomic mass is 10.1. The fourth-order valence-corrected chi connectivity index (χ4v) is 4.27. The molecule has 0 saturated carbocycles. The molecular formula is C18H20N4O3S. The molecule has 0 aliphatic heterocycles. The lowest BCUT2D eigenvalue weighted by molar-refractivity contribution is 0.0966. The van der Waals surface area contributed by atoms with Gasteiger partial charge in [-0.2, -0.15) is 0 Å². The maximum absolute atomic E-state index is 12.6. The fraction of sp³-hybridized carbons (Fsp3) is 0.278. The van der Waals surface area contributed by atoms with E-state index in [1.807, 2.05) is 31.1 Å². The van der Waals surface area contributed by atoms with E-state index in [-0.39, 0.29) is 5.91 Å². The molecule has 1 heterocycles. The molecule has 136 valence electrons. The summed E-state index contributed by atoms with van der Waals surface area (Å²) in [5.74, 6) is -0.876. The zero-order valence-electron chi connectivity index (χ0n) is 14.6. The van der Waals surface area contributed by atoms with Crippen molar-refractivity contribution in [2.75, 3.05) is 24.3 Å². The Morgan fingerprint density at radius 2 is 1.77 bits per heavy atom. The van der Waals surface area contributed by atoms with Crippen LogP contribution in [0, 0.1) is 0 Å². The van der Waals surface area contributed by atoms with Crippen LogP contribution < -0.4 is 21.3 Å². The largest absolute Gasteiger partial charge is 0.378 e. The van der Waals surface area contributed by atoms with Gasteiger partial charge in [0.15, 0.2) is 0 Å². The summed E-state index contributed by atoms with van der Waals surface area (Å²) in [6.45, 7) is 0. The minimum atomic E-state index is -0.913. The molecule has 0 spiro atoms. The quantitative estimate of drug-likeness (QED) is 0.766. The Kier molecular flexibility index (Phi) is 4.94. The van der Waals surface area contributed by atoms with Gasteiger partial charge in [-0.25, -0.2) is 4.79 Å². The van der Waals surface area contributed by atoms with E-state index in [0.717, 1.165) is 35.4 Å². The summed E-state index contributed by atoms with van der Waals surface area (Å²) in [7, 11) is 3.85. The topological polar surface area (TPSA) is 105 Å². The monoisotopic (exact) mass is 372 g/mol. The molecular weight excluding hydrogens is 352 g/mol. The maximum atomic E-state index is 12.6. The van der Waals surface area contributed by atoms with E-state index in [1.165, 1.54) is 11.3 Å². The third-order valence-electron chi connectivity index (χ3n) is 4.26. The Morgan fingerprint density at radius 1 is 1.08 bits per heavy atom. The van der Waals surface area contributed by atoms with Crippen molar-refractivity contribution in [3.8, 4) is 0 Å². The van der Waals surface area contributed by atoms with Gasteiger partial charge in [0, 0.05) is 30.2 Å². The number of nitrogens with zero attached hydrogens (tertiary/aromatic N) is 1. The summed E-state index contributed by atoms with van der Waals surface area (Å²) in [6, 6.07) is 6.25. The van der Waals surface area contributed by atoms with Crippen molar-refractivity contribution in [1.82, 2.24) is 5.32 Å². The highest BCUT2D eigenvalue weighted by Gasteiger charge is 2.28. The first kappa shape index (κ1) is 17.9. The van der Waals surface area contributed by atoms with Gasteiger partial charge in [-0.15, -0.1) is 11.3 Å². The van der Waals surface area contributed by atoms with Crippen LogP contribution in [0.3, 0.4) is 0 Å². The van der Waals surface area contributed by atoms with Crippen molar-refractivity contribution in [2.24, 2.45) is 5.73 Å². The zero-order valence-corrected chi connectivity index (χ0v) is 15.4. The number of carbonyl (C=O) groups excluding carboxylic acids is 3. The fourth-order valence-electron chi connectivity index (χ4n) is 2.99. The predicted molar refractivity (Wildman–Crippen MR) is 102 cm³/mol. The van der Waals surface area contributed by atoms with Gasteiger partial charge in [-0.05, 0) is 49.1 Å². The molecule has 1 aromatic carbocycles. The van der Waals surface area contributed by atoms with Crippen LogP contribution in [-0.2, 0) is 12.8 Å². The normalized spacial score (nSPS) is 12.4. The number of nitrogens with two attached hydrogens (primary N) is 1. The third kappa shape index (κ3) is 3.55. The number of amides is 4. The number of nitrogens with one attached hydrogen (secondary N) is 2. The number of primary amides is 1. The summed E-state index contributed by atoms with van der Waals surface area (Å²) in [4.78, 5) is 39.0. The number of hydrogen-bond donors (Lipinski definition) is 3. The number of benzene rings is 1. The van der Waals surface area contributed by atoms with E-state index in [2.05, 4.69) is 10.6 Å². The third-order valence-corrected chi connectivity index (χ3v) is 5.47. The maximum Gasteiger partial charge on any atom is 0.319 e. The first-order valence-electron chi connectivity index (χ1n) is 8.21. The van der Waals surface area contributed by atoms with E-state index < -0.39 is 11.9 Å². The number of aryl methyl sites for hydroxylation is 1. The molecule has 1 aliphatic rings. The lowest BCUT2D eigenvalue weighted by Gasteiger charge is -2.13. The molecule has 4 amide bonds. The van der Waals surface area contributed by atoms with Gasteiger partial charge in [-0.3, -0.25) is 14.9 Å². The second-order valence-electron chi connectivity index (χ2n) is 6.28. The van der Waals surface area contributed by atoms with Crippen molar-refractivity contribution < 1.29 is 14.4 Å². The molecule has 7 nitrogen and oxygen atoms in total. The summed E-state index contributed by atoms with van der Waals surface area (Å²) >= 11 is 1.38. The molecule has 1 aliphatic carbocycles. The van der Waals surface area contributed by atoms with Gasteiger partial charge in [0.05, 0.1) is 5.56 Å². The van der Waals surface area contributed by atoms with E-state index >= 15 is 0 Å². The van der Waals surface area contributed by atoms with Crippen molar-refractivity contribution >= 4 is 39.9 Å². The molecule has 8 heteroatoms. The van der Waals surface area contributed by atoms with E-state index in [0.29, 0.717) is 16.1 Å². The summed E-state index contributed by atoms with van der Waals surface area (Å²) in [5.41, 5.74) is 7.78. The van der Waals surface area contributed by atoms with Crippen molar-refractivity contribution in [3.63, 3.8) is 0 Å². The van der Waals surface area contributed by atoms with Gasteiger partial charge in [-0.1, -0.05) is 0 Å². The van der Waals surface area contributed by atoms with Crippen LogP contribution in [0.5, 0.6) is 0 Å². The number of fused-ring (bicyclic) bond motifs is 1. The summed E-state index contributed by atoms with van der Waals surface area (Å²) in [5, 5.41) is 5.36. The molecule has 4 N–H and O–H groups in total. The standard InChI is InChI=1S/C18H20N4O3S/c1-22(2)11-8-6-10(7-9-11)15(23)20-17-14(16(24)21-18(19)25)12-4-3-5-13(12)26-17/h6-9H,3-5H2,1-2H3,(H,20,23)(H3,19,21,24,25). The van der Waals surface area contributed by atoms with Crippen LogP contribution in [0.15, 0.2) is 24.3 Å². The number of hydrogen-bond acceptors (Lipinski definition) is 5. The van der Waals surface area contributed by atoms with Crippen LogP contribution in [-0.4, -0.2) is 31.9 Å². The molecule has 3 rings (SSSR count). The molecule has 2 aromatic rings. The molecule has 0 bridgehead atoms. The van der Waals surface area contributed by atoms with Gasteiger partial charge < -0.3 is 16.0 Å². The Labute approximate surface area is 155 Å². The Hall–Kier alpha value is -2.87. The van der Waals surface area contributed by atoms with Gasteiger partial charge in [0.1, 0.15) is 5.00 Å². The Morgan fingerprint density at radius 3 is 2.38 bits per heavy atom. The minimum absolute atomic E-state index is 0.302. The van der Waals surface area contributed by atoms with Crippen LogP contribution >= 0.6 is 11.3 Å². The second kappa shape index (κ2) is 7.17. The molecule has 0 atom stereocenters. The van der Waals surface area contributed by atoms with Gasteiger partial charge in [0.2, 0.25) is 0 Å². The number of urea groups is 1. The zero-order chi connectivity index (χ0) is 18.8. The molecule has 1 aromatic heterocycles. The number of carbonyl (C=O) groups is 3. The highest BCUT2D eigenvalue weighted by Crippen LogP contribution is 2.39. The number of rotatable bonds is 4. The predicted octanol–water partition coefficient (Wildman–Crippen LogP) is 2.36.